The molecule has 0 spiro atoms. The molecule has 0 unspecified atom stereocenters. The van der Waals surface area contributed by atoms with Crippen molar-refractivity contribution in [2.24, 2.45) is 0 Å². The zero-order valence-corrected chi connectivity index (χ0v) is 26.5. The lowest BCUT2D eigenvalue weighted by atomic mass is 9.93. The molecular weight excluding hydrogens is 599 g/mol. The zero-order chi connectivity index (χ0) is 32.6. The molecule has 2 heterocycles. The van der Waals surface area contributed by atoms with Crippen LogP contribution in [0.3, 0.4) is 0 Å². The lowest BCUT2D eigenvalue weighted by molar-refractivity contribution is 0.670. The van der Waals surface area contributed by atoms with E-state index in [0.29, 0.717) is 17.5 Å². The third-order valence-corrected chi connectivity index (χ3v) is 8.98. The largest absolute Gasteiger partial charge is 0.455 e. The minimum absolute atomic E-state index is 0.597. The molecule has 49 heavy (non-hydrogen) atoms. The summed E-state index contributed by atoms with van der Waals surface area (Å²) in [5, 5.41) is 1.99. The highest BCUT2D eigenvalue weighted by molar-refractivity contribution is 6.15. The van der Waals surface area contributed by atoms with Crippen LogP contribution in [0.1, 0.15) is 0 Å². The van der Waals surface area contributed by atoms with E-state index in [4.69, 9.17) is 19.4 Å². The first-order valence-electron chi connectivity index (χ1n) is 16.4. The van der Waals surface area contributed by atoms with Crippen molar-refractivity contribution in [3.8, 4) is 67.5 Å². The average molecular weight is 628 g/mol. The maximum Gasteiger partial charge on any atom is 0.164 e. The van der Waals surface area contributed by atoms with Crippen LogP contribution < -0.4 is 0 Å². The number of furan rings is 1. The molecule has 7 aromatic carbocycles. The number of benzene rings is 7. The van der Waals surface area contributed by atoms with Gasteiger partial charge in [-0.15, -0.1) is 0 Å². The van der Waals surface area contributed by atoms with Crippen molar-refractivity contribution in [1.82, 2.24) is 15.0 Å². The molecule has 0 aliphatic carbocycles. The molecule has 4 heteroatoms. The number of nitrogens with zero attached hydrogens (tertiary/aromatic N) is 3. The van der Waals surface area contributed by atoms with Gasteiger partial charge in [-0.1, -0.05) is 170 Å². The van der Waals surface area contributed by atoms with Gasteiger partial charge in [0.15, 0.2) is 17.5 Å². The molecule has 0 fully saturated rings. The predicted octanol–water partition coefficient (Wildman–Crippen LogP) is 11.8. The summed E-state index contributed by atoms with van der Waals surface area (Å²) in [4.78, 5) is 15.2. The van der Waals surface area contributed by atoms with Gasteiger partial charge < -0.3 is 4.42 Å². The smallest absolute Gasteiger partial charge is 0.164 e. The first kappa shape index (κ1) is 28.6. The highest BCUT2D eigenvalue weighted by atomic mass is 16.3. The lowest BCUT2D eigenvalue weighted by Crippen LogP contribution is -2.00. The van der Waals surface area contributed by atoms with Gasteiger partial charge in [0.05, 0.1) is 0 Å². The molecule has 0 N–H and O–H groups in total. The van der Waals surface area contributed by atoms with E-state index in [-0.39, 0.29) is 0 Å². The SMILES string of the molecule is c1ccc(-c2ccc(-c3nc(-c4ccccc4)nc(-c4cccc5oc6c(-c7ccccc7-c7ccccc7)cccc6c45)n3)cc2)cc1. The van der Waals surface area contributed by atoms with Crippen molar-refractivity contribution in [3.05, 3.63) is 176 Å². The van der Waals surface area contributed by atoms with Gasteiger partial charge in [-0.2, -0.15) is 0 Å². The fraction of sp³-hybridized carbons (Fsp3) is 0. The van der Waals surface area contributed by atoms with E-state index in [0.717, 1.165) is 66.4 Å². The van der Waals surface area contributed by atoms with Gasteiger partial charge in [0.25, 0.3) is 0 Å². The van der Waals surface area contributed by atoms with Crippen LogP contribution in [-0.2, 0) is 0 Å². The van der Waals surface area contributed by atoms with E-state index >= 15 is 0 Å². The third kappa shape index (κ3) is 5.26. The van der Waals surface area contributed by atoms with Crippen molar-refractivity contribution in [2.45, 2.75) is 0 Å². The Hall–Kier alpha value is -6.65. The summed E-state index contributed by atoms with van der Waals surface area (Å²) in [6, 6.07) is 60.3. The molecule has 0 bridgehead atoms. The summed E-state index contributed by atoms with van der Waals surface area (Å²) in [5.74, 6) is 1.83. The molecule has 9 rings (SSSR count). The van der Waals surface area contributed by atoms with Crippen LogP contribution in [-0.4, -0.2) is 15.0 Å². The van der Waals surface area contributed by atoms with Gasteiger partial charge in [0, 0.05) is 33.0 Å². The van der Waals surface area contributed by atoms with E-state index in [2.05, 4.69) is 121 Å². The maximum absolute atomic E-state index is 6.70. The number of aromatic nitrogens is 3. The Morgan fingerprint density at radius 2 is 0.776 bits per heavy atom. The number of fused-ring (bicyclic) bond motifs is 3. The Bertz CT molecular complexity index is 2580. The van der Waals surface area contributed by atoms with Crippen molar-refractivity contribution in [1.29, 1.82) is 0 Å². The molecule has 230 valence electrons. The van der Waals surface area contributed by atoms with Gasteiger partial charge >= 0.3 is 0 Å². The summed E-state index contributed by atoms with van der Waals surface area (Å²) in [6.07, 6.45) is 0. The summed E-state index contributed by atoms with van der Waals surface area (Å²) < 4.78 is 6.70. The topological polar surface area (TPSA) is 51.8 Å². The Morgan fingerprint density at radius 3 is 1.47 bits per heavy atom. The van der Waals surface area contributed by atoms with Crippen molar-refractivity contribution in [3.63, 3.8) is 0 Å². The van der Waals surface area contributed by atoms with Crippen LogP contribution in [0, 0.1) is 0 Å². The number of hydrogen-bond donors (Lipinski definition) is 0. The molecule has 0 saturated heterocycles. The molecule has 0 saturated carbocycles. The third-order valence-electron chi connectivity index (χ3n) is 8.98. The van der Waals surface area contributed by atoms with Gasteiger partial charge in [-0.3, -0.25) is 0 Å². The van der Waals surface area contributed by atoms with Gasteiger partial charge in [-0.25, -0.2) is 15.0 Å². The predicted molar refractivity (Wildman–Crippen MR) is 200 cm³/mol. The Balaban J connectivity index is 1.23. The fourth-order valence-electron chi connectivity index (χ4n) is 6.62. The number of para-hydroxylation sites is 1. The summed E-state index contributed by atoms with van der Waals surface area (Å²) in [5.41, 5.74) is 11.1. The molecule has 0 radical (unpaired) electrons. The monoisotopic (exact) mass is 627 g/mol. The second-order valence-corrected chi connectivity index (χ2v) is 12.0. The standard InChI is InChI=1S/C45H29N3O/c1-4-14-30(15-5-1)31-26-28-34(29-27-31)44-46-43(33-18-8-3-9-19-33)47-45(48-44)39-24-13-25-40-41(39)38-23-12-22-37(42(38)49-40)36-21-11-10-20-35(36)32-16-6-2-7-17-32/h1-29H. The van der Waals surface area contributed by atoms with E-state index in [1.165, 1.54) is 5.56 Å². The number of hydrogen-bond acceptors (Lipinski definition) is 4. The van der Waals surface area contributed by atoms with Crippen LogP contribution in [0.4, 0.5) is 0 Å². The summed E-state index contributed by atoms with van der Waals surface area (Å²) in [7, 11) is 0. The molecule has 0 aliphatic rings. The van der Waals surface area contributed by atoms with Crippen LogP contribution >= 0.6 is 0 Å². The van der Waals surface area contributed by atoms with Gasteiger partial charge in [0.1, 0.15) is 11.2 Å². The summed E-state index contributed by atoms with van der Waals surface area (Å²) >= 11 is 0. The van der Waals surface area contributed by atoms with Crippen LogP contribution in [0.5, 0.6) is 0 Å². The molecule has 9 aromatic rings. The highest BCUT2D eigenvalue weighted by Gasteiger charge is 2.20. The quantitative estimate of drug-likeness (QED) is 0.184. The van der Waals surface area contributed by atoms with Crippen molar-refractivity contribution < 1.29 is 4.42 Å². The van der Waals surface area contributed by atoms with E-state index in [1.807, 2.05) is 54.6 Å². The molecule has 2 aromatic heterocycles. The first-order valence-corrected chi connectivity index (χ1v) is 16.4. The zero-order valence-electron chi connectivity index (χ0n) is 26.5. The molecule has 4 nitrogen and oxygen atoms in total. The highest BCUT2D eigenvalue weighted by Crippen LogP contribution is 2.42. The minimum Gasteiger partial charge on any atom is -0.455 e. The molecule has 0 aliphatic heterocycles. The Labute approximate surface area is 284 Å². The Morgan fingerprint density at radius 1 is 0.306 bits per heavy atom. The Kier molecular flexibility index (Phi) is 7.10. The van der Waals surface area contributed by atoms with E-state index in [9.17, 15) is 0 Å². The summed E-state index contributed by atoms with van der Waals surface area (Å²) in [6.45, 7) is 0. The second-order valence-electron chi connectivity index (χ2n) is 12.0. The van der Waals surface area contributed by atoms with Crippen LogP contribution in [0.2, 0.25) is 0 Å². The second kappa shape index (κ2) is 12.2. The van der Waals surface area contributed by atoms with Gasteiger partial charge in [-0.05, 0) is 33.9 Å². The van der Waals surface area contributed by atoms with Gasteiger partial charge in [0.2, 0.25) is 0 Å². The van der Waals surface area contributed by atoms with Crippen LogP contribution in [0.25, 0.3) is 89.5 Å². The van der Waals surface area contributed by atoms with Crippen molar-refractivity contribution in [2.75, 3.05) is 0 Å². The van der Waals surface area contributed by atoms with Crippen LogP contribution in [0.15, 0.2) is 180 Å². The lowest BCUT2D eigenvalue weighted by Gasteiger charge is -2.11. The first-order chi connectivity index (χ1) is 24.3. The normalized spacial score (nSPS) is 11.3. The van der Waals surface area contributed by atoms with Crippen molar-refractivity contribution >= 4 is 21.9 Å². The molecular formula is C45H29N3O. The van der Waals surface area contributed by atoms with E-state index < -0.39 is 0 Å². The molecule has 0 amide bonds. The number of rotatable bonds is 6. The fourth-order valence-corrected chi connectivity index (χ4v) is 6.62. The minimum atomic E-state index is 0.597. The molecule has 0 atom stereocenters. The average Bonchev–Trinajstić information content (AvgIpc) is 3.58. The maximum atomic E-state index is 6.70. The van der Waals surface area contributed by atoms with E-state index in [1.54, 1.807) is 0 Å².